The maximum Gasteiger partial charge on any atom is 0.240 e. The van der Waals surface area contributed by atoms with Crippen LogP contribution in [0.15, 0.2) is 0 Å². The molecule has 2 heterocycles. The van der Waals surface area contributed by atoms with Gasteiger partial charge in [-0.25, -0.2) is 0 Å². The number of carbonyl (C=O) groups is 1. The Morgan fingerprint density at radius 2 is 2.29 bits per heavy atom. The normalized spacial score (nSPS) is 31.8. The zero-order valence-electron chi connectivity index (χ0n) is 8.20. The summed E-state index contributed by atoms with van der Waals surface area (Å²) in [5.41, 5.74) is 0. The topological polar surface area (TPSA) is 56.1 Å². The van der Waals surface area contributed by atoms with Gasteiger partial charge in [0.2, 0.25) is 5.91 Å². The summed E-state index contributed by atoms with van der Waals surface area (Å²) in [6, 6.07) is 2.00. The van der Waals surface area contributed by atoms with E-state index in [0.717, 1.165) is 38.8 Å². The third-order valence-electron chi connectivity index (χ3n) is 3.04. The zero-order valence-corrected chi connectivity index (χ0v) is 8.20. The van der Waals surface area contributed by atoms with Crippen LogP contribution in [0, 0.1) is 11.3 Å². The number of carbonyl (C=O) groups excluding carboxylic acids is 1. The van der Waals surface area contributed by atoms with Crippen molar-refractivity contribution in [1.82, 2.24) is 10.2 Å². The highest BCUT2D eigenvalue weighted by Gasteiger charge is 2.33. The van der Waals surface area contributed by atoms with Gasteiger partial charge in [0.15, 0.2) is 0 Å². The van der Waals surface area contributed by atoms with E-state index in [1.807, 2.05) is 0 Å². The smallest absolute Gasteiger partial charge is 0.240 e. The predicted molar refractivity (Wildman–Crippen MR) is 51.4 cm³/mol. The van der Waals surface area contributed by atoms with E-state index in [-0.39, 0.29) is 18.0 Å². The standard InChI is InChI=1S/C10H15N3O/c11-7-8-3-2-6-13(8)10(14)9-4-1-5-12-9/h8-9,12H,1-6H2/t8-,9+/m0/s1. The molecule has 1 amide bonds. The van der Waals surface area contributed by atoms with Gasteiger partial charge in [0.1, 0.15) is 6.04 Å². The van der Waals surface area contributed by atoms with Gasteiger partial charge in [-0.1, -0.05) is 0 Å². The Hall–Kier alpha value is -1.08. The summed E-state index contributed by atoms with van der Waals surface area (Å²) in [6.07, 6.45) is 3.81. The summed E-state index contributed by atoms with van der Waals surface area (Å²) in [5, 5.41) is 12.0. The summed E-state index contributed by atoms with van der Waals surface area (Å²) < 4.78 is 0. The van der Waals surface area contributed by atoms with Crippen LogP contribution in [0.25, 0.3) is 0 Å². The van der Waals surface area contributed by atoms with Crippen molar-refractivity contribution < 1.29 is 4.79 Å². The fourth-order valence-electron chi connectivity index (χ4n) is 2.26. The van der Waals surface area contributed by atoms with Crippen LogP contribution in [0.1, 0.15) is 25.7 Å². The van der Waals surface area contributed by atoms with Crippen LogP contribution in [0.3, 0.4) is 0 Å². The largest absolute Gasteiger partial charge is 0.325 e. The van der Waals surface area contributed by atoms with Crippen LogP contribution in [-0.2, 0) is 4.79 Å². The van der Waals surface area contributed by atoms with Crippen LogP contribution in [0.2, 0.25) is 0 Å². The van der Waals surface area contributed by atoms with Crippen molar-refractivity contribution in [3.8, 4) is 6.07 Å². The molecule has 0 aromatic rings. The van der Waals surface area contributed by atoms with Crippen molar-refractivity contribution in [3.05, 3.63) is 0 Å². The molecule has 1 N–H and O–H groups in total. The molecule has 2 atom stereocenters. The second-order valence-corrected chi connectivity index (χ2v) is 3.97. The number of nitriles is 1. The van der Waals surface area contributed by atoms with E-state index in [2.05, 4.69) is 11.4 Å². The Morgan fingerprint density at radius 3 is 2.93 bits per heavy atom. The number of rotatable bonds is 1. The van der Waals surface area contributed by atoms with Crippen molar-refractivity contribution in [2.45, 2.75) is 37.8 Å². The average molecular weight is 193 g/mol. The van der Waals surface area contributed by atoms with E-state index in [9.17, 15) is 4.79 Å². The predicted octanol–water partition coefficient (Wildman–Crippen LogP) is 0.253. The fraction of sp³-hybridized carbons (Fsp3) is 0.800. The monoisotopic (exact) mass is 193 g/mol. The van der Waals surface area contributed by atoms with Gasteiger partial charge < -0.3 is 10.2 Å². The Morgan fingerprint density at radius 1 is 1.43 bits per heavy atom. The first-order chi connectivity index (χ1) is 6.83. The molecule has 0 spiro atoms. The van der Waals surface area contributed by atoms with Gasteiger partial charge in [-0.2, -0.15) is 5.26 Å². The number of nitrogens with one attached hydrogen (secondary N) is 1. The molecular weight excluding hydrogens is 178 g/mol. The molecule has 2 aliphatic heterocycles. The Kier molecular flexibility index (Phi) is 2.69. The third kappa shape index (κ3) is 1.60. The number of likely N-dealkylation sites (tertiary alicyclic amines) is 1. The highest BCUT2D eigenvalue weighted by atomic mass is 16.2. The summed E-state index contributed by atoms with van der Waals surface area (Å²) >= 11 is 0. The van der Waals surface area contributed by atoms with Crippen LogP contribution in [0.5, 0.6) is 0 Å². The van der Waals surface area contributed by atoms with E-state index in [0.29, 0.717) is 0 Å². The Bertz CT molecular complexity index is 265. The first kappa shape index (κ1) is 9.47. The van der Waals surface area contributed by atoms with Crippen LogP contribution >= 0.6 is 0 Å². The highest BCUT2D eigenvalue weighted by molar-refractivity contribution is 5.83. The quantitative estimate of drug-likeness (QED) is 0.649. The summed E-state index contributed by atoms with van der Waals surface area (Å²) in [4.78, 5) is 13.7. The zero-order chi connectivity index (χ0) is 9.97. The molecule has 0 saturated carbocycles. The molecule has 0 unspecified atom stereocenters. The number of amides is 1. The number of hydrogen-bond acceptors (Lipinski definition) is 3. The lowest BCUT2D eigenvalue weighted by molar-refractivity contribution is -0.133. The van der Waals surface area contributed by atoms with Crippen molar-refractivity contribution in [2.24, 2.45) is 0 Å². The number of hydrogen-bond donors (Lipinski definition) is 1. The molecule has 0 aromatic carbocycles. The van der Waals surface area contributed by atoms with Crippen molar-refractivity contribution >= 4 is 5.91 Å². The van der Waals surface area contributed by atoms with E-state index >= 15 is 0 Å². The maximum atomic E-state index is 11.9. The van der Waals surface area contributed by atoms with Gasteiger partial charge in [-0.15, -0.1) is 0 Å². The Labute approximate surface area is 83.9 Å². The molecule has 0 aromatic heterocycles. The van der Waals surface area contributed by atoms with Gasteiger partial charge in [-0.05, 0) is 32.2 Å². The summed E-state index contributed by atoms with van der Waals surface area (Å²) in [5.74, 6) is 0.131. The van der Waals surface area contributed by atoms with E-state index < -0.39 is 0 Å². The maximum absolute atomic E-state index is 11.9. The van der Waals surface area contributed by atoms with Crippen molar-refractivity contribution in [3.63, 3.8) is 0 Å². The molecule has 2 fully saturated rings. The minimum absolute atomic E-state index is 0.0241. The van der Waals surface area contributed by atoms with Crippen LogP contribution in [0.4, 0.5) is 0 Å². The van der Waals surface area contributed by atoms with E-state index in [4.69, 9.17) is 5.26 Å². The average Bonchev–Trinajstić information content (AvgIpc) is 2.87. The van der Waals surface area contributed by atoms with Gasteiger partial charge in [0.25, 0.3) is 0 Å². The molecule has 2 saturated heterocycles. The first-order valence-corrected chi connectivity index (χ1v) is 5.26. The lowest BCUT2D eigenvalue weighted by Gasteiger charge is -2.23. The SMILES string of the molecule is N#C[C@@H]1CCCN1C(=O)[C@H]1CCCN1. The summed E-state index contributed by atoms with van der Waals surface area (Å²) in [6.45, 7) is 1.69. The van der Waals surface area contributed by atoms with E-state index in [1.165, 1.54) is 0 Å². The minimum atomic E-state index is -0.176. The Balaban J connectivity index is 2.00. The summed E-state index contributed by atoms with van der Waals surface area (Å²) in [7, 11) is 0. The molecule has 2 rings (SSSR count). The van der Waals surface area contributed by atoms with Crippen molar-refractivity contribution in [1.29, 1.82) is 5.26 Å². The molecule has 4 nitrogen and oxygen atoms in total. The second kappa shape index (κ2) is 3.97. The molecule has 0 radical (unpaired) electrons. The second-order valence-electron chi connectivity index (χ2n) is 3.97. The fourth-order valence-corrected chi connectivity index (χ4v) is 2.26. The van der Waals surface area contributed by atoms with Gasteiger partial charge in [-0.3, -0.25) is 4.79 Å². The van der Waals surface area contributed by atoms with Crippen molar-refractivity contribution in [2.75, 3.05) is 13.1 Å². The molecule has 2 aliphatic rings. The number of nitrogens with zero attached hydrogens (tertiary/aromatic N) is 2. The van der Waals surface area contributed by atoms with Gasteiger partial charge >= 0.3 is 0 Å². The van der Waals surface area contributed by atoms with E-state index in [1.54, 1.807) is 4.90 Å². The molecule has 14 heavy (non-hydrogen) atoms. The molecule has 0 aliphatic carbocycles. The molecule has 76 valence electrons. The molecular formula is C10H15N3O. The highest BCUT2D eigenvalue weighted by Crippen LogP contribution is 2.19. The van der Waals surface area contributed by atoms with Gasteiger partial charge in [0, 0.05) is 6.54 Å². The molecule has 0 bridgehead atoms. The van der Waals surface area contributed by atoms with Crippen LogP contribution < -0.4 is 5.32 Å². The molecule has 4 heteroatoms. The minimum Gasteiger partial charge on any atom is -0.325 e. The lowest BCUT2D eigenvalue weighted by atomic mass is 10.2. The van der Waals surface area contributed by atoms with Gasteiger partial charge in [0.05, 0.1) is 12.1 Å². The lowest BCUT2D eigenvalue weighted by Crippen LogP contribution is -2.45. The third-order valence-corrected chi connectivity index (χ3v) is 3.04. The van der Waals surface area contributed by atoms with Crippen LogP contribution in [-0.4, -0.2) is 36.0 Å². The first-order valence-electron chi connectivity index (χ1n) is 5.26.